The molecule has 0 saturated carbocycles. The lowest BCUT2D eigenvalue weighted by molar-refractivity contribution is 0.0691. The summed E-state index contributed by atoms with van der Waals surface area (Å²) in [7, 11) is 0. The summed E-state index contributed by atoms with van der Waals surface area (Å²) in [6, 6.07) is 3.94. The highest BCUT2D eigenvalue weighted by Crippen LogP contribution is 2.17. The molecule has 5 nitrogen and oxygen atoms in total. The van der Waals surface area contributed by atoms with Crippen molar-refractivity contribution in [1.29, 1.82) is 0 Å². The maximum absolute atomic E-state index is 13.3. The monoisotopic (exact) mass is 224 g/mol. The highest BCUT2D eigenvalue weighted by molar-refractivity contribution is 6.05. The van der Waals surface area contributed by atoms with Gasteiger partial charge in [-0.1, -0.05) is 6.07 Å². The number of carboxylic acid groups (broad SMARTS) is 1. The number of aliphatic imine (C=N–C) groups is 1. The van der Waals surface area contributed by atoms with Gasteiger partial charge in [-0.05, 0) is 19.1 Å². The smallest absolute Gasteiger partial charge is 0.339 e. The Bertz CT molecular complexity index is 473. The second-order valence-corrected chi connectivity index (χ2v) is 3.30. The van der Waals surface area contributed by atoms with E-state index in [1.165, 1.54) is 12.1 Å². The van der Waals surface area contributed by atoms with Gasteiger partial charge in [-0.3, -0.25) is 0 Å². The van der Waals surface area contributed by atoms with E-state index in [-0.39, 0.29) is 17.6 Å². The van der Waals surface area contributed by atoms with Crippen LogP contribution in [0.25, 0.3) is 0 Å². The number of nitrogens with one attached hydrogen (secondary N) is 1. The Kier molecular flexibility index (Phi) is 2.57. The van der Waals surface area contributed by atoms with Crippen molar-refractivity contribution >= 4 is 11.9 Å². The fraction of sp³-hybridized carbons (Fsp3) is 0.200. The van der Waals surface area contributed by atoms with Crippen LogP contribution in [0.3, 0.4) is 0 Å². The van der Waals surface area contributed by atoms with Crippen LogP contribution < -0.4 is 5.48 Å². The molecule has 0 radical (unpaired) electrons. The molecule has 1 heterocycles. The van der Waals surface area contributed by atoms with Crippen LogP contribution in [0.15, 0.2) is 23.2 Å². The summed E-state index contributed by atoms with van der Waals surface area (Å²) in [5.74, 6) is -2.07. The van der Waals surface area contributed by atoms with E-state index >= 15 is 0 Å². The molecule has 1 aliphatic heterocycles. The fourth-order valence-corrected chi connectivity index (χ4v) is 1.41. The SMILES string of the molecule is CC1N=C(c2cccc(F)c2C(=O)O)ON1. The van der Waals surface area contributed by atoms with E-state index in [4.69, 9.17) is 9.94 Å². The first-order valence-electron chi connectivity index (χ1n) is 4.62. The van der Waals surface area contributed by atoms with Crippen molar-refractivity contribution in [2.45, 2.75) is 13.1 Å². The molecule has 2 rings (SSSR count). The van der Waals surface area contributed by atoms with Gasteiger partial charge in [-0.25, -0.2) is 14.2 Å². The van der Waals surface area contributed by atoms with E-state index < -0.39 is 17.3 Å². The lowest BCUT2D eigenvalue weighted by Crippen LogP contribution is -2.18. The molecule has 0 aromatic heterocycles. The quantitative estimate of drug-likeness (QED) is 0.790. The zero-order valence-corrected chi connectivity index (χ0v) is 8.40. The normalized spacial score (nSPS) is 19.1. The standard InChI is InChI=1S/C10H9FN2O3/c1-5-12-9(16-13-5)6-3-2-4-7(11)8(6)10(14)15/h2-5,13H,1H3,(H,14,15). The average Bonchev–Trinajstić information content (AvgIpc) is 2.63. The Labute approximate surface area is 90.5 Å². The van der Waals surface area contributed by atoms with Crippen molar-refractivity contribution < 1.29 is 19.1 Å². The number of hydrogen-bond acceptors (Lipinski definition) is 4. The molecule has 1 atom stereocenters. The Hall–Kier alpha value is -1.95. The molecule has 0 spiro atoms. The van der Waals surface area contributed by atoms with Gasteiger partial charge in [0.1, 0.15) is 17.5 Å². The molecule has 1 unspecified atom stereocenters. The van der Waals surface area contributed by atoms with Gasteiger partial charge in [0.25, 0.3) is 0 Å². The Balaban J connectivity index is 2.53. The molecular formula is C10H9FN2O3. The molecule has 0 fully saturated rings. The van der Waals surface area contributed by atoms with Gasteiger partial charge in [0, 0.05) is 0 Å². The van der Waals surface area contributed by atoms with Crippen LogP contribution >= 0.6 is 0 Å². The molecule has 0 aliphatic carbocycles. The summed E-state index contributed by atoms with van der Waals surface area (Å²) in [4.78, 5) is 19.9. The van der Waals surface area contributed by atoms with Gasteiger partial charge >= 0.3 is 5.97 Å². The Morgan fingerprint density at radius 3 is 2.94 bits per heavy atom. The van der Waals surface area contributed by atoms with Crippen molar-refractivity contribution in [3.63, 3.8) is 0 Å². The highest BCUT2D eigenvalue weighted by Gasteiger charge is 2.24. The first kappa shape index (κ1) is 10.6. The molecule has 84 valence electrons. The molecule has 0 saturated heterocycles. The average molecular weight is 224 g/mol. The van der Waals surface area contributed by atoms with Gasteiger partial charge in [0.2, 0.25) is 5.90 Å². The van der Waals surface area contributed by atoms with E-state index in [9.17, 15) is 9.18 Å². The minimum Gasteiger partial charge on any atom is -0.478 e. The first-order chi connectivity index (χ1) is 7.59. The second-order valence-electron chi connectivity index (χ2n) is 3.30. The van der Waals surface area contributed by atoms with Crippen LogP contribution in [-0.2, 0) is 4.84 Å². The molecule has 6 heteroatoms. The summed E-state index contributed by atoms with van der Waals surface area (Å²) in [6.07, 6.45) is -0.278. The maximum Gasteiger partial charge on any atom is 0.339 e. The molecule has 0 bridgehead atoms. The van der Waals surface area contributed by atoms with Crippen molar-refractivity contribution in [2.24, 2.45) is 4.99 Å². The van der Waals surface area contributed by atoms with Gasteiger partial charge in [-0.2, -0.15) is 0 Å². The van der Waals surface area contributed by atoms with Crippen molar-refractivity contribution in [3.05, 3.63) is 35.1 Å². The number of rotatable bonds is 2. The number of carbonyl (C=O) groups is 1. The van der Waals surface area contributed by atoms with Crippen molar-refractivity contribution in [3.8, 4) is 0 Å². The van der Waals surface area contributed by atoms with E-state index in [0.29, 0.717) is 0 Å². The highest BCUT2D eigenvalue weighted by atomic mass is 19.1. The second kappa shape index (κ2) is 3.90. The summed E-state index contributed by atoms with van der Waals surface area (Å²) in [5.41, 5.74) is 2.23. The lowest BCUT2D eigenvalue weighted by atomic mass is 10.1. The molecule has 1 aliphatic rings. The predicted molar refractivity (Wildman–Crippen MR) is 53.6 cm³/mol. The van der Waals surface area contributed by atoms with Crippen LogP contribution in [0.5, 0.6) is 0 Å². The van der Waals surface area contributed by atoms with Crippen molar-refractivity contribution in [1.82, 2.24) is 5.48 Å². The van der Waals surface area contributed by atoms with Gasteiger partial charge in [0.15, 0.2) is 0 Å². The van der Waals surface area contributed by atoms with Crippen molar-refractivity contribution in [2.75, 3.05) is 0 Å². The number of hydroxylamine groups is 1. The van der Waals surface area contributed by atoms with E-state index in [0.717, 1.165) is 6.07 Å². The number of benzene rings is 1. The molecule has 2 N–H and O–H groups in total. The minimum atomic E-state index is -1.35. The number of hydrogen-bond donors (Lipinski definition) is 2. The zero-order chi connectivity index (χ0) is 11.7. The number of nitrogens with zero attached hydrogens (tertiary/aromatic N) is 1. The third kappa shape index (κ3) is 1.74. The van der Waals surface area contributed by atoms with E-state index in [1.54, 1.807) is 6.92 Å². The Morgan fingerprint density at radius 1 is 1.62 bits per heavy atom. The summed E-state index contributed by atoms with van der Waals surface area (Å²) in [6.45, 7) is 1.73. The number of halogens is 1. The summed E-state index contributed by atoms with van der Waals surface area (Å²) >= 11 is 0. The van der Waals surface area contributed by atoms with Crippen LogP contribution in [0.2, 0.25) is 0 Å². The lowest BCUT2D eigenvalue weighted by Gasteiger charge is -2.05. The molecular weight excluding hydrogens is 215 g/mol. The molecule has 1 aromatic carbocycles. The summed E-state index contributed by atoms with van der Waals surface area (Å²) in [5, 5.41) is 8.90. The number of aromatic carboxylic acids is 1. The van der Waals surface area contributed by atoms with Crippen LogP contribution in [0.4, 0.5) is 4.39 Å². The largest absolute Gasteiger partial charge is 0.478 e. The topological polar surface area (TPSA) is 70.9 Å². The van der Waals surface area contributed by atoms with Gasteiger partial charge < -0.3 is 9.94 Å². The third-order valence-corrected chi connectivity index (χ3v) is 2.09. The molecule has 16 heavy (non-hydrogen) atoms. The van der Waals surface area contributed by atoms with Crippen LogP contribution in [0.1, 0.15) is 22.8 Å². The fourth-order valence-electron chi connectivity index (χ4n) is 1.41. The Morgan fingerprint density at radius 2 is 2.38 bits per heavy atom. The first-order valence-corrected chi connectivity index (χ1v) is 4.62. The predicted octanol–water partition coefficient (Wildman–Crippen LogP) is 1.15. The minimum absolute atomic E-state index is 0.0874. The number of carboxylic acids is 1. The van der Waals surface area contributed by atoms with Gasteiger partial charge in [-0.15, -0.1) is 5.48 Å². The zero-order valence-electron chi connectivity index (χ0n) is 8.40. The molecule has 1 aromatic rings. The van der Waals surface area contributed by atoms with E-state index in [1.807, 2.05) is 0 Å². The maximum atomic E-state index is 13.3. The van der Waals surface area contributed by atoms with E-state index in [2.05, 4.69) is 10.5 Å². The van der Waals surface area contributed by atoms with Crippen LogP contribution in [-0.4, -0.2) is 23.1 Å². The van der Waals surface area contributed by atoms with Crippen LogP contribution in [0, 0.1) is 5.82 Å². The third-order valence-electron chi connectivity index (χ3n) is 2.09. The summed E-state index contributed by atoms with van der Waals surface area (Å²) < 4.78 is 13.3. The molecule has 0 amide bonds. The van der Waals surface area contributed by atoms with Gasteiger partial charge in [0.05, 0.1) is 5.56 Å².